The lowest BCUT2D eigenvalue weighted by molar-refractivity contribution is 0.0569. The summed E-state index contributed by atoms with van der Waals surface area (Å²) in [5.41, 5.74) is 1.55. The molecule has 1 saturated heterocycles. The van der Waals surface area contributed by atoms with Crippen molar-refractivity contribution in [2.24, 2.45) is 0 Å². The van der Waals surface area contributed by atoms with E-state index in [2.05, 4.69) is 10.1 Å². The van der Waals surface area contributed by atoms with E-state index in [1.807, 2.05) is 16.8 Å². The fraction of sp³-hybridized carbons (Fsp3) is 0.188. The largest absolute Gasteiger partial charge is 0.339 e. The van der Waals surface area contributed by atoms with Crippen LogP contribution in [0.25, 0.3) is 11.4 Å². The second-order valence-corrected chi connectivity index (χ2v) is 6.60. The molecule has 0 N–H and O–H groups in total. The van der Waals surface area contributed by atoms with Gasteiger partial charge in [0, 0.05) is 34.6 Å². The van der Waals surface area contributed by atoms with Gasteiger partial charge in [0.15, 0.2) is 0 Å². The third-order valence-corrected chi connectivity index (χ3v) is 4.73. The van der Waals surface area contributed by atoms with E-state index >= 15 is 0 Å². The first-order valence-electron chi connectivity index (χ1n) is 7.12. The van der Waals surface area contributed by atoms with Crippen molar-refractivity contribution < 1.29 is 9.32 Å². The van der Waals surface area contributed by atoms with E-state index in [1.165, 1.54) is 0 Å². The molecule has 0 saturated carbocycles. The van der Waals surface area contributed by atoms with Gasteiger partial charge in [-0.15, -0.1) is 0 Å². The second kappa shape index (κ2) is 5.79. The monoisotopic (exact) mass is 345 g/mol. The minimum atomic E-state index is -0.0266. The van der Waals surface area contributed by atoms with Gasteiger partial charge in [0.25, 0.3) is 5.91 Å². The van der Waals surface area contributed by atoms with E-state index in [0.29, 0.717) is 35.4 Å². The predicted molar refractivity (Wildman–Crippen MR) is 87.7 cm³/mol. The molecule has 3 aromatic rings. The van der Waals surface area contributed by atoms with Crippen LogP contribution < -0.4 is 0 Å². The molecule has 2 aromatic heterocycles. The van der Waals surface area contributed by atoms with Crippen LogP contribution in [0, 0.1) is 0 Å². The van der Waals surface area contributed by atoms with Crippen molar-refractivity contribution in [2.75, 3.05) is 13.1 Å². The zero-order valence-corrected chi connectivity index (χ0v) is 13.5. The van der Waals surface area contributed by atoms with Crippen LogP contribution in [-0.4, -0.2) is 34.0 Å². The molecule has 0 spiro atoms. The number of benzene rings is 1. The van der Waals surface area contributed by atoms with Crippen LogP contribution in [0.1, 0.15) is 22.2 Å². The Kier molecular flexibility index (Phi) is 3.63. The third-order valence-electron chi connectivity index (χ3n) is 3.81. The highest BCUT2D eigenvalue weighted by Crippen LogP contribution is 2.29. The van der Waals surface area contributed by atoms with E-state index in [1.54, 1.807) is 40.5 Å². The number of hydrogen-bond donors (Lipinski definition) is 0. The quantitative estimate of drug-likeness (QED) is 0.726. The zero-order chi connectivity index (χ0) is 15.8. The van der Waals surface area contributed by atoms with E-state index < -0.39 is 0 Å². The number of carbonyl (C=O) groups is 1. The first kappa shape index (κ1) is 14.4. The van der Waals surface area contributed by atoms with E-state index in [9.17, 15) is 4.79 Å². The van der Waals surface area contributed by atoms with Gasteiger partial charge in [-0.2, -0.15) is 16.3 Å². The van der Waals surface area contributed by atoms with Gasteiger partial charge in [-0.3, -0.25) is 4.79 Å². The van der Waals surface area contributed by atoms with E-state index in [4.69, 9.17) is 16.1 Å². The highest BCUT2D eigenvalue weighted by molar-refractivity contribution is 7.08. The number of hydrogen-bond acceptors (Lipinski definition) is 5. The van der Waals surface area contributed by atoms with Crippen LogP contribution in [0.5, 0.6) is 0 Å². The van der Waals surface area contributed by atoms with Crippen molar-refractivity contribution in [1.29, 1.82) is 0 Å². The van der Waals surface area contributed by atoms with Crippen LogP contribution in [0.15, 0.2) is 45.6 Å². The van der Waals surface area contributed by atoms with Crippen molar-refractivity contribution in [2.45, 2.75) is 5.92 Å². The number of rotatable bonds is 3. The highest BCUT2D eigenvalue weighted by Gasteiger charge is 2.36. The van der Waals surface area contributed by atoms with Crippen LogP contribution in [0.2, 0.25) is 5.02 Å². The van der Waals surface area contributed by atoms with Crippen molar-refractivity contribution in [3.63, 3.8) is 0 Å². The van der Waals surface area contributed by atoms with E-state index in [0.717, 1.165) is 5.56 Å². The van der Waals surface area contributed by atoms with E-state index in [-0.39, 0.29) is 11.8 Å². The number of likely N-dealkylation sites (tertiary alicyclic amines) is 1. The smallest absolute Gasteiger partial charge is 0.253 e. The number of carbonyl (C=O) groups excluding carboxylic acids is 1. The summed E-state index contributed by atoms with van der Waals surface area (Å²) >= 11 is 7.52. The summed E-state index contributed by atoms with van der Waals surface area (Å²) < 4.78 is 5.33. The van der Waals surface area contributed by atoms with Gasteiger partial charge < -0.3 is 9.42 Å². The predicted octanol–water partition coefficient (Wildman–Crippen LogP) is 3.69. The molecule has 0 radical (unpaired) electrons. The Morgan fingerprint density at radius 2 is 2.22 bits per heavy atom. The van der Waals surface area contributed by atoms with Gasteiger partial charge in [0.05, 0.1) is 5.92 Å². The van der Waals surface area contributed by atoms with Crippen LogP contribution >= 0.6 is 22.9 Å². The Hall–Kier alpha value is -2.18. The molecule has 7 heteroatoms. The molecule has 5 nitrogen and oxygen atoms in total. The molecule has 1 amide bonds. The molecule has 116 valence electrons. The fourth-order valence-electron chi connectivity index (χ4n) is 2.51. The standard InChI is InChI=1S/C16H12ClN3O2S/c17-13-3-1-2-10(6-13)16(21)20-7-12(8-20)15-18-14(19-22-15)11-4-5-23-9-11/h1-6,9,12H,7-8H2. The Bertz CT molecular complexity index is 841. The average Bonchev–Trinajstić information content (AvgIpc) is 3.16. The summed E-state index contributed by atoms with van der Waals surface area (Å²) in [7, 11) is 0. The molecule has 1 aromatic carbocycles. The molecular formula is C16H12ClN3O2S. The summed E-state index contributed by atoms with van der Waals surface area (Å²) in [4.78, 5) is 18.5. The minimum Gasteiger partial charge on any atom is -0.339 e. The molecular weight excluding hydrogens is 334 g/mol. The third kappa shape index (κ3) is 2.75. The molecule has 0 unspecified atom stereocenters. The lowest BCUT2D eigenvalue weighted by Crippen LogP contribution is -2.48. The number of thiophene rings is 1. The maximum Gasteiger partial charge on any atom is 0.253 e. The number of amides is 1. The Balaban J connectivity index is 1.43. The Labute approximate surface area is 141 Å². The van der Waals surface area contributed by atoms with Crippen molar-refractivity contribution in [3.8, 4) is 11.4 Å². The Morgan fingerprint density at radius 1 is 1.35 bits per heavy atom. The van der Waals surface area contributed by atoms with Gasteiger partial charge in [-0.25, -0.2) is 0 Å². The second-order valence-electron chi connectivity index (χ2n) is 5.39. The molecule has 0 bridgehead atoms. The fourth-order valence-corrected chi connectivity index (χ4v) is 3.34. The molecule has 0 aliphatic carbocycles. The van der Waals surface area contributed by atoms with Crippen molar-refractivity contribution in [3.05, 3.63) is 57.6 Å². The molecule has 0 atom stereocenters. The van der Waals surface area contributed by atoms with Crippen LogP contribution in [-0.2, 0) is 0 Å². The lowest BCUT2D eigenvalue weighted by atomic mass is 9.99. The SMILES string of the molecule is O=C(c1cccc(Cl)c1)N1CC(c2nc(-c3ccsc3)no2)C1. The first-order chi connectivity index (χ1) is 11.2. The maximum absolute atomic E-state index is 12.4. The molecule has 4 rings (SSSR count). The van der Waals surface area contributed by atoms with Gasteiger partial charge in [-0.05, 0) is 29.6 Å². The summed E-state index contributed by atoms with van der Waals surface area (Å²) in [5, 5.41) is 8.51. The van der Waals surface area contributed by atoms with Crippen molar-refractivity contribution >= 4 is 28.8 Å². The van der Waals surface area contributed by atoms with Crippen LogP contribution in [0.3, 0.4) is 0 Å². The highest BCUT2D eigenvalue weighted by atomic mass is 35.5. The zero-order valence-electron chi connectivity index (χ0n) is 12.0. The topological polar surface area (TPSA) is 59.2 Å². The summed E-state index contributed by atoms with van der Waals surface area (Å²) in [6.45, 7) is 1.16. The average molecular weight is 346 g/mol. The van der Waals surface area contributed by atoms with Gasteiger partial charge in [0.2, 0.25) is 11.7 Å². The molecule has 3 heterocycles. The van der Waals surface area contributed by atoms with Crippen LogP contribution in [0.4, 0.5) is 0 Å². The van der Waals surface area contributed by atoms with Gasteiger partial charge >= 0.3 is 0 Å². The number of halogens is 1. The first-order valence-corrected chi connectivity index (χ1v) is 8.44. The summed E-state index contributed by atoms with van der Waals surface area (Å²) in [5.74, 6) is 1.25. The molecule has 23 heavy (non-hydrogen) atoms. The number of aromatic nitrogens is 2. The number of nitrogens with zero attached hydrogens (tertiary/aromatic N) is 3. The summed E-state index contributed by atoms with van der Waals surface area (Å²) in [6.07, 6.45) is 0. The summed E-state index contributed by atoms with van der Waals surface area (Å²) in [6, 6.07) is 8.93. The molecule has 1 fully saturated rings. The minimum absolute atomic E-state index is 0.0266. The normalized spacial score (nSPS) is 14.7. The van der Waals surface area contributed by atoms with Gasteiger partial charge in [-0.1, -0.05) is 22.8 Å². The lowest BCUT2D eigenvalue weighted by Gasteiger charge is -2.37. The van der Waals surface area contributed by atoms with Crippen molar-refractivity contribution in [1.82, 2.24) is 15.0 Å². The maximum atomic E-state index is 12.4. The molecule has 1 aliphatic heterocycles. The van der Waals surface area contributed by atoms with Gasteiger partial charge in [0.1, 0.15) is 0 Å². The Morgan fingerprint density at radius 3 is 2.96 bits per heavy atom. The molecule has 1 aliphatic rings.